The van der Waals surface area contributed by atoms with Gasteiger partial charge in [-0.05, 0) is 28.7 Å². The van der Waals surface area contributed by atoms with Gasteiger partial charge in [0.2, 0.25) is 5.91 Å². The fourth-order valence-corrected chi connectivity index (χ4v) is 4.41. The molecule has 0 saturated carbocycles. The zero-order valence-electron chi connectivity index (χ0n) is 19.4. The maximum Gasteiger partial charge on any atom is 0.407 e. The Morgan fingerprint density at radius 3 is 2.37 bits per heavy atom. The molecule has 1 aliphatic rings. The van der Waals surface area contributed by atoms with Crippen LogP contribution in [0.15, 0.2) is 60.9 Å². The van der Waals surface area contributed by atoms with Crippen LogP contribution in [0.4, 0.5) is 4.79 Å². The minimum absolute atomic E-state index is 0.0652. The lowest BCUT2D eigenvalue weighted by Crippen LogP contribution is -2.48. The minimum atomic E-state index is -1.28. The average Bonchev–Trinajstić information content (AvgIpc) is 3.43. The molecule has 2 aromatic carbocycles. The fraction of sp³-hybridized carbons (Fsp3) is 0.308. The molecule has 0 aliphatic heterocycles. The summed E-state index contributed by atoms with van der Waals surface area (Å²) in [6.45, 7) is 2.97. The van der Waals surface area contributed by atoms with E-state index in [1.54, 1.807) is 6.20 Å². The van der Waals surface area contributed by atoms with Crippen LogP contribution in [0.5, 0.6) is 0 Å². The maximum absolute atomic E-state index is 12.7. The number of amides is 2. The molecule has 35 heavy (non-hydrogen) atoms. The van der Waals surface area contributed by atoms with Gasteiger partial charge in [0.05, 0.1) is 13.0 Å². The van der Waals surface area contributed by atoms with Crippen LogP contribution < -0.4 is 10.6 Å². The lowest BCUT2D eigenvalue weighted by molar-refractivity contribution is -0.139. The molecule has 0 saturated heterocycles. The molecular weight excluding hydrogens is 448 g/mol. The lowest BCUT2D eigenvalue weighted by Gasteiger charge is -2.19. The van der Waals surface area contributed by atoms with Crippen LogP contribution >= 0.6 is 0 Å². The number of carboxylic acid groups (broad SMARTS) is 1. The van der Waals surface area contributed by atoms with Crippen molar-refractivity contribution < 1.29 is 24.2 Å². The number of alkyl carbamates (subject to hydrolysis) is 1. The molecular formula is C26H28N4O5. The minimum Gasteiger partial charge on any atom is -0.481 e. The van der Waals surface area contributed by atoms with Crippen LogP contribution in [0.2, 0.25) is 0 Å². The third-order valence-electron chi connectivity index (χ3n) is 6.02. The van der Waals surface area contributed by atoms with Crippen LogP contribution in [0.3, 0.4) is 0 Å². The molecule has 182 valence electrons. The number of nitrogens with zero attached hydrogens (tertiary/aromatic N) is 2. The SMILES string of the molecule is CCCn1ccnc1CNC(=O)C(CC(=O)O)NC(=O)OCC1c2ccccc2-c2ccccc21. The second kappa shape index (κ2) is 10.9. The molecule has 0 bridgehead atoms. The normalized spacial score (nSPS) is 12.9. The monoisotopic (exact) mass is 476 g/mol. The predicted octanol–water partition coefficient (Wildman–Crippen LogP) is 3.29. The summed E-state index contributed by atoms with van der Waals surface area (Å²) in [5.41, 5.74) is 4.32. The van der Waals surface area contributed by atoms with Gasteiger partial charge in [0.15, 0.2) is 0 Å². The number of hydrogen-bond donors (Lipinski definition) is 3. The average molecular weight is 477 g/mol. The van der Waals surface area contributed by atoms with Gasteiger partial charge in [0.25, 0.3) is 0 Å². The summed E-state index contributed by atoms with van der Waals surface area (Å²) in [7, 11) is 0. The van der Waals surface area contributed by atoms with E-state index in [-0.39, 0.29) is 19.1 Å². The van der Waals surface area contributed by atoms with E-state index in [1.165, 1.54) is 0 Å². The number of rotatable bonds is 10. The first kappa shape index (κ1) is 24.0. The molecule has 1 atom stereocenters. The largest absolute Gasteiger partial charge is 0.481 e. The Bertz CT molecular complexity index is 1180. The number of carboxylic acids is 1. The van der Waals surface area contributed by atoms with Gasteiger partial charge in [0, 0.05) is 24.9 Å². The van der Waals surface area contributed by atoms with Gasteiger partial charge < -0.3 is 25.0 Å². The van der Waals surface area contributed by atoms with E-state index in [0.717, 1.165) is 35.2 Å². The topological polar surface area (TPSA) is 123 Å². The van der Waals surface area contributed by atoms with Crippen molar-refractivity contribution in [1.82, 2.24) is 20.2 Å². The first-order valence-electron chi connectivity index (χ1n) is 11.6. The lowest BCUT2D eigenvalue weighted by atomic mass is 9.98. The zero-order chi connectivity index (χ0) is 24.8. The number of aromatic nitrogens is 2. The van der Waals surface area contributed by atoms with Crippen molar-refractivity contribution in [2.45, 2.75) is 44.8 Å². The molecule has 3 aromatic rings. The highest BCUT2D eigenvalue weighted by Crippen LogP contribution is 2.44. The number of fused-ring (bicyclic) bond motifs is 3. The summed E-state index contributed by atoms with van der Waals surface area (Å²) in [6.07, 6.45) is 2.94. The molecule has 1 aromatic heterocycles. The second-order valence-corrected chi connectivity index (χ2v) is 8.38. The van der Waals surface area contributed by atoms with Crippen molar-refractivity contribution in [3.05, 3.63) is 77.9 Å². The molecule has 1 aliphatic carbocycles. The Labute approximate surface area is 203 Å². The number of imidazole rings is 1. The van der Waals surface area contributed by atoms with E-state index in [9.17, 15) is 19.5 Å². The van der Waals surface area contributed by atoms with Crippen molar-refractivity contribution in [3.8, 4) is 11.1 Å². The van der Waals surface area contributed by atoms with Crippen LogP contribution in [0.1, 0.15) is 42.6 Å². The van der Waals surface area contributed by atoms with Gasteiger partial charge in [-0.15, -0.1) is 0 Å². The number of carbonyl (C=O) groups excluding carboxylic acids is 2. The van der Waals surface area contributed by atoms with Gasteiger partial charge in [-0.2, -0.15) is 0 Å². The first-order valence-corrected chi connectivity index (χ1v) is 11.6. The molecule has 9 heteroatoms. The molecule has 3 N–H and O–H groups in total. The van der Waals surface area contributed by atoms with E-state index in [0.29, 0.717) is 5.82 Å². The number of ether oxygens (including phenoxy) is 1. The van der Waals surface area contributed by atoms with Crippen molar-refractivity contribution >= 4 is 18.0 Å². The van der Waals surface area contributed by atoms with Crippen molar-refractivity contribution in [2.24, 2.45) is 0 Å². The maximum atomic E-state index is 12.7. The molecule has 1 heterocycles. The third-order valence-corrected chi connectivity index (χ3v) is 6.02. The number of benzene rings is 2. The Hall–Kier alpha value is -4.14. The summed E-state index contributed by atoms with van der Waals surface area (Å²) in [5, 5.41) is 14.3. The highest BCUT2D eigenvalue weighted by molar-refractivity contribution is 5.89. The molecule has 9 nitrogen and oxygen atoms in total. The molecule has 0 spiro atoms. The number of nitrogens with one attached hydrogen (secondary N) is 2. The van der Waals surface area contributed by atoms with Crippen molar-refractivity contribution in [2.75, 3.05) is 6.61 Å². The zero-order valence-corrected chi connectivity index (χ0v) is 19.4. The number of hydrogen-bond acceptors (Lipinski definition) is 5. The first-order chi connectivity index (χ1) is 17.0. The van der Waals surface area contributed by atoms with Crippen LogP contribution in [0, 0.1) is 0 Å². The molecule has 0 radical (unpaired) electrons. The summed E-state index contributed by atoms with van der Waals surface area (Å²) < 4.78 is 7.37. The highest BCUT2D eigenvalue weighted by Gasteiger charge is 2.30. The van der Waals surface area contributed by atoms with Gasteiger partial charge in [-0.1, -0.05) is 55.5 Å². The van der Waals surface area contributed by atoms with E-state index in [1.807, 2.05) is 66.2 Å². The number of aliphatic carboxylic acids is 1. The standard InChI is InChI=1S/C26H28N4O5/c1-2-12-30-13-11-27-23(30)15-28-25(33)22(14-24(31)32)29-26(34)35-16-21-19-9-5-3-7-17(19)18-8-4-6-10-20(18)21/h3-11,13,21-22H,2,12,14-16H2,1H3,(H,28,33)(H,29,34)(H,31,32). The fourth-order valence-electron chi connectivity index (χ4n) is 4.41. The van der Waals surface area contributed by atoms with Crippen LogP contribution in [-0.2, 0) is 27.4 Å². The molecule has 1 unspecified atom stereocenters. The van der Waals surface area contributed by atoms with Gasteiger partial charge >= 0.3 is 12.1 Å². The summed E-state index contributed by atoms with van der Waals surface area (Å²) >= 11 is 0. The Balaban J connectivity index is 1.38. The Kier molecular flexibility index (Phi) is 7.45. The number of aryl methyl sites for hydroxylation is 1. The van der Waals surface area contributed by atoms with Gasteiger partial charge in [-0.25, -0.2) is 9.78 Å². The quantitative estimate of drug-likeness (QED) is 0.413. The molecule has 4 rings (SSSR count). The molecule has 0 fully saturated rings. The van der Waals surface area contributed by atoms with Crippen LogP contribution in [0.25, 0.3) is 11.1 Å². The molecule has 2 amide bonds. The van der Waals surface area contributed by atoms with E-state index in [4.69, 9.17) is 4.74 Å². The Morgan fingerprint density at radius 1 is 1.09 bits per heavy atom. The summed E-state index contributed by atoms with van der Waals surface area (Å²) in [4.78, 5) is 40.8. The Morgan fingerprint density at radius 2 is 1.74 bits per heavy atom. The predicted molar refractivity (Wildman–Crippen MR) is 129 cm³/mol. The van der Waals surface area contributed by atoms with Gasteiger partial charge in [-0.3, -0.25) is 9.59 Å². The van der Waals surface area contributed by atoms with E-state index >= 15 is 0 Å². The van der Waals surface area contributed by atoms with Crippen LogP contribution in [-0.4, -0.2) is 45.3 Å². The van der Waals surface area contributed by atoms with E-state index < -0.39 is 30.4 Å². The van der Waals surface area contributed by atoms with Crippen molar-refractivity contribution in [3.63, 3.8) is 0 Å². The number of carbonyl (C=O) groups is 3. The smallest absolute Gasteiger partial charge is 0.407 e. The van der Waals surface area contributed by atoms with Crippen molar-refractivity contribution in [1.29, 1.82) is 0 Å². The van der Waals surface area contributed by atoms with E-state index in [2.05, 4.69) is 15.6 Å². The third kappa shape index (κ3) is 5.51. The van der Waals surface area contributed by atoms with Gasteiger partial charge in [0.1, 0.15) is 18.5 Å². The second-order valence-electron chi connectivity index (χ2n) is 8.38. The highest BCUT2D eigenvalue weighted by atomic mass is 16.5. The summed E-state index contributed by atoms with van der Waals surface area (Å²) in [5.74, 6) is -1.32. The summed E-state index contributed by atoms with van der Waals surface area (Å²) in [6, 6.07) is 14.6.